The molecule has 1 aliphatic heterocycles. The predicted octanol–water partition coefficient (Wildman–Crippen LogP) is 4.02. The van der Waals surface area contributed by atoms with E-state index in [0.29, 0.717) is 31.9 Å². The number of rotatable bonds is 9. The Hall–Kier alpha value is -3.71. The summed E-state index contributed by atoms with van der Waals surface area (Å²) in [7, 11) is 1.90. The average molecular weight is 477 g/mol. The summed E-state index contributed by atoms with van der Waals surface area (Å²) < 4.78 is 18.8. The Labute approximate surface area is 204 Å². The molecule has 0 saturated carbocycles. The molecular weight excluding hydrogens is 447 g/mol. The third kappa shape index (κ3) is 5.87. The number of halogens is 1. The summed E-state index contributed by atoms with van der Waals surface area (Å²) in [5.74, 6) is -1.55. The molecule has 0 aliphatic carbocycles. The van der Waals surface area contributed by atoms with Crippen molar-refractivity contribution in [1.29, 1.82) is 0 Å². The number of likely N-dealkylation sites (tertiary alicyclic amines) is 1. The lowest BCUT2D eigenvalue weighted by atomic mass is 9.90. The van der Waals surface area contributed by atoms with E-state index < -0.39 is 17.9 Å². The number of aliphatic carboxylic acids is 1. The van der Waals surface area contributed by atoms with E-state index >= 15 is 0 Å². The van der Waals surface area contributed by atoms with Crippen LogP contribution < -0.4 is 4.74 Å². The van der Waals surface area contributed by atoms with Crippen molar-refractivity contribution in [2.24, 2.45) is 0 Å². The summed E-state index contributed by atoms with van der Waals surface area (Å²) >= 11 is 0. The second-order valence-electron chi connectivity index (χ2n) is 8.77. The highest BCUT2D eigenvalue weighted by Crippen LogP contribution is 2.31. The van der Waals surface area contributed by atoms with Crippen LogP contribution in [0.2, 0.25) is 0 Å². The third-order valence-electron chi connectivity index (χ3n) is 6.51. The van der Waals surface area contributed by atoms with E-state index in [0.717, 1.165) is 11.1 Å². The molecule has 6 nitrogen and oxygen atoms in total. The third-order valence-corrected chi connectivity index (χ3v) is 6.51. The number of ether oxygens (including phenoxy) is 1. The molecule has 3 aromatic rings. The number of likely N-dealkylation sites (N-methyl/N-ethyl adjacent to an activating group) is 1. The largest absolute Gasteiger partial charge is 0.492 e. The Bertz CT molecular complexity index is 1090. The van der Waals surface area contributed by atoms with Crippen LogP contribution in [0.25, 0.3) is 0 Å². The maximum Gasteiger partial charge on any atom is 0.326 e. The van der Waals surface area contributed by atoms with Gasteiger partial charge < -0.3 is 14.7 Å². The topological polar surface area (TPSA) is 70.1 Å². The first-order valence-electron chi connectivity index (χ1n) is 11.7. The first-order chi connectivity index (χ1) is 16.9. The molecule has 1 fully saturated rings. The van der Waals surface area contributed by atoms with Crippen molar-refractivity contribution in [2.45, 2.75) is 24.4 Å². The standard InChI is InChI=1S/C28H29FN2O4/c1-30(16-17-35-24-14-12-22(29)13-15-24)23-18-25(28(33)34)31(19-23)27(32)26(20-8-4-2-5-9-20)21-10-6-3-7-11-21/h2-15,23,25-26H,16-19H2,1H3,(H,33,34). The Kier molecular flexibility index (Phi) is 7.77. The first-order valence-corrected chi connectivity index (χ1v) is 11.7. The van der Waals surface area contributed by atoms with E-state index in [4.69, 9.17) is 4.74 Å². The Morgan fingerprint density at radius 1 is 1.00 bits per heavy atom. The highest BCUT2D eigenvalue weighted by molar-refractivity contribution is 5.91. The van der Waals surface area contributed by atoms with Gasteiger partial charge in [0.05, 0.1) is 5.92 Å². The van der Waals surface area contributed by atoms with Gasteiger partial charge in [0.2, 0.25) is 5.91 Å². The van der Waals surface area contributed by atoms with Crippen molar-refractivity contribution >= 4 is 11.9 Å². The van der Waals surface area contributed by atoms with Crippen molar-refractivity contribution in [3.8, 4) is 5.75 Å². The normalized spacial score (nSPS) is 17.7. The number of nitrogens with zero attached hydrogens (tertiary/aromatic N) is 2. The minimum absolute atomic E-state index is 0.121. The van der Waals surface area contributed by atoms with E-state index in [-0.39, 0.29) is 17.8 Å². The van der Waals surface area contributed by atoms with Crippen LogP contribution in [0, 0.1) is 5.82 Å². The summed E-state index contributed by atoms with van der Waals surface area (Å²) in [6.07, 6.45) is 0.338. The molecule has 1 amide bonds. The van der Waals surface area contributed by atoms with Gasteiger partial charge in [-0.25, -0.2) is 9.18 Å². The fraction of sp³-hybridized carbons (Fsp3) is 0.286. The predicted molar refractivity (Wildman–Crippen MR) is 131 cm³/mol. The summed E-state index contributed by atoms with van der Waals surface area (Å²) in [4.78, 5) is 29.5. The monoisotopic (exact) mass is 476 g/mol. The fourth-order valence-corrected chi connectivity index (χ4v) is 4.57. The van der Waals surface area contributed by atoms with Gasteiger partial charge in [0.25, 0.3) is 0 Å². The van der Waals surface area contributed by atoms with Crippen LogP contribution in [0.3, 0.4) is 0 Å². The Morgan fingerprint density at radius 3 is 2.11 bits per heavy atom. The van der Waals surface area contributed by atoms with Gasteiger partial charge in [-0.3, -0.25) is 9.69 Å². The first kappa shape index (κ1) is 24.4. The zero-order valence-corrected chi connectivity index (χ0v) is 19.6. The number of hydrogen-bond donors (Lipinski definition) is 1. The fourth-order valence-electron chi connectivity index (χ4n) is 4.57. The van der Waals surface area contributed by atoms with E-state index in [1.54, 1.807) is 12.1 Å². The van der Waals surface area contributed by atoms with Crippen molar-refractivity contribution < 1.29 is 23.8 Å². The quantitative estimate of drug-likeness (QED) is 0.505. The number of benzene rings is 3. The summed E-state index contributed by atoms with van der Waals surface area (Å²) in [5, 5.41) is 9.93. The van der Waals surface area contributed by atoms with E-state index in [9.17, 15) is 19.1 Å². The van der Waals surface area contributed by atoms with Crippen LogP contribution in [-0.2, 0) is 9.59 Å². The number of carboxylic acid groups (broad SMARTS) is 1. The second kappa shape index (κ2) is 11.1. The summed E-state index contributed by atoms with van der Waals surface area (Å²) in [6.45, 7) is 1.22. The Morgan fingerprint density at radius 2 is 1.57 bits per heavy atom. The van der Waals surface area contributed by atoms with Crippen LogP contribution in [0.5, 0.6) is 5.75 Å². The zero-order chi connectivity index (χ0) is 24.8. The molecular formula is C28H29FN2O4. The number of hydrogen-bond acceptors (Lipinski definition) is 4. The van der Waals surface area contributed by atoms with E-state index in [2.05, 4.69) is 0 Å². The van der Waals surface area contributed by atoms with Gasteiger partial charge in [0, 0.05) is 19.1 Å². The van der Waals surface area contributed by atoms with Gasteiger partial charge in [0.15, 0.2) is 0 Å². The minimum atomic E-state index is -1.00. The molecule has 1 N–H and O–H groups in total. The van der Waals surface area contributed by atoms with Crippen LogP contribution >= 0.6 is 0 Å². The maximum absolute atomic E-state index is 13.8. The van der Waals surface area contributed by atoms with Gasteiger partial charge in [-0.2, -0.15) is 0 Å². The average Bonchev–Trinajstić information content (AvgIpc) is 3.33. The molecule has 1 aliphatic rings. The molecule has 182 valence electrons. The van der Waals surface area contributed by atoms with Crippen molar-refractivity contribution in [2.75, 3.05) is 26.7 Å². The lowest BCUT2D eigenvalue weighted by Gasteiger charge is -2.28. The van der Waals surface area contributed by atoms with Crippen LogP contribution in [0.4, 0.5) is 4.39 Å². The highest BCUT2D eigenvalue weighted by atomic mass is 19.1. The van der Waals surface area contributed by atoms with Crippen molar-refractivity contribution in [3.05, 3.63) is 102 Å². The Balaban J connectivity index is 1.48. The molecule has 1 saturated heterocycles. The molecule has 0 bridgehead atoms. The van der Waals surface area contributed by atoms with Crippen molar-refractivity contribution in [3.63, 3.8) is 0 Å². The van der Waals surface area contributed by atoms with E-state index in [1.165, 1.54) is 17.0 Å². The molecule has 2 atom stereocenters. The van der Waals surface area contributed by atoms with Gasteiger partial charge in [0.1, 0.15) is 24.2 Å². The maximum atomic E-state index is 13.8. The van der Waals surface area contributed by atoms with E-state index in [1.807, 2.05) is 72.6 Å². The lowest BCUT2D eigenvalue weighted by Crippen LogP contribution is -2.44. The molecule has 35 heavy (non-hydrogen) atoms. The SMILES string of the molecule is CN(CCOc1ccc(F)cc1)C1CC(C(=O)O)N(C(=O)C(c2ccccc2)c2ccccc2)C1. The van der Waals surface area contributed by atoms with Gasteiger partial charge in [-0.05, 0) is 48.9 Å². The molecule has 4 rings (SSSR count). The van der Waals surface area contributed by atoms with Crippen molar-refractivity contribution in [1.82, 2.24) is 9.80 Å². The summed E-state index contributed by atoms with van der Waals surface area (Å²) in [5.41, 5.74) is 1.66. The highest BCUT2D eigenvalue weighted by Gasteiger charge is 2.43. The molecule has 1 heterocycles. The molecule has 3 aromatic carbocycles. The molecule has 0 radical (unpaired) electrons. The van der Waals surface area contributed by atoms with Gasteiger partial charge >= 0.3 is 5.97 Å². The van der Waals surface area contributed by atoms with Crippen LogP contribution in [0.15, 0.2) is 84.9 Å². The smallest absolute Gasteiger partial charge is 0.326 e. The molecule has 0 aromatic heterocycles. The van der Waals surface area contributed by atoms with Crippen LogP contribution in [-0.4, -0.2) is 65.6 Å². The second-order valence-corrected chi connectivity index (χ2v) is 8.77. The number of carbonyl (C=O) groups excluding carboxylic acids is 1. The van der Waals surface area contributed by atoms with Crippen LogP contribution in [0.1, 0.15) is 23.5 Å². The van der Waals surface area contributed by atoms with Gasteiger partial charge in [-0.1, -0.05) is 60.7 Å². The molecule has 2 unspecified atom stereocenters. The number of carboxylic acids is 1. The lowest BCUT2D eigenvalue weighted by molar-refractivity contribution is -0.148. The number of amides is 1. The molecule has 0 spiro atoms. The molecule has 7 heteroatoms. The number of carbonyl (C=O) groups is 2. The zero-order valence-electron chi connectivity index (χ0n) is 19.6. The van der Waals surface area contributed by atoms with Gasteiger partial charge in [-0.15, -0.1) is 0 Å². The summed E-state index contributed by atoms with van der Waals surface area (Å²) in [6, 6.07) is 23.7. The minimum Gasteiger partial charge on any atom is -0.492 e.